The lowest BCUT2D eigenvalue weighted by Gasteiger charge is -2.27. The number of aliphatic hydroxyl groups excluding tert-OH is 1. The Hall–Kier alpha value is -0.570. The van der Waals surface area contributed by atoms with Gasteiger partial charge in [0.15, 0.2) is 0 Å². The molecule has 3 unspecified atom stereocenters. The molecule has 0 bridgehead atoms. The van der Waals surface area contributed by atoms with Crippen molar-refractivity contribution in [2.24, 2.45) is 11.3 Å². The van der Waals surface area contributed by atoms with Crippen LogP contribution in [0.25, 0.3) is 0 Å². The van der Waals surface area contributed by atoms with Crippen LogP contribution in [0, 0.1) is 11.3 Å². The van der Waals surface area contributed by atoms with Crippen LogP contribution in [0.1, 0.15) is 54.4 Å². The van der Waals surface area contributed by atoms with E-state index < -0.39 is 0 Å². The summed E-state index contributed by atoms with van der Waals surface area (Å²) in [6, 6.07) is 0.0414. The molecule has 0 radical (unpaired) electrons. The molecule has 3 heteroatoms. The van der Waals surface area contributed by atoms with Crippen molar-refractivity contribution in [2.75, 3.05) is 0 Å². The number of hydrogen-bond donors (Lipinski definition) is 2. The van der Waals surface area contributed by atoms with Crippen LogP contribution in [-0.4, -0.2) is 23.2 Å². The summed E-state index contributed by atoms with van der Waals surface area (Å²) in [4.78, 5) is 11.7. The van der Waals surface area contributed by atoms with Gasteiger partial charge >= 0.3 is 0 Å². The Morgan fingerprint density at radius 1 is 1.25 bits per heavy atom. The van der Waals surface area contributed by atoms with E-state index in [1.807, 2.05) is 6.92 Å². The van der Waals surface area contributed by atoms with Gasteiger partial charge < -0.3 is 10.4 Å². The quantitative estimate of drug-likeness (QED) is 0.760. The minimum absolute atomic E-state index is 0.0414. The predicted molar refractivity (Wildman–Crippen MR) is 67.1 cm³/mol. The summed E-state index contributed by atoms with van der Waals surface area (Å²) < 4.78 is 0. The minimum atomic E-state index is -0.365. The zero-order valence-corrected chi connectivity index (χ0v) is 11.5. The molecule has 1 amide bonds. The van der Waals surface area contributed by atoms with Crippen LogP contribution < -0.4 is 5.32 Å². The largest absolute Gasteiger partial charge is 0.393 e. The maximum Gasteiger partial charge on any atom is 0.220 e. The Morgan fingerprint density at radius 2 is 1.75 bits per heavy atom. The van der Waals surface area contributed by atoms with E-state index in [4.69, 9.17) is 0 Å². The normalized spacial score (nSPS) is 17.7. The van der Waals surface area contributed by atoms with E-state index in [0.717, 1.165) is 0 Å². The van der Waals surface area contributed by atoms with Gasteiger partial charge in [-0.15, -0.1) is 0 Å². The average Bonchev–Trinajstić information content (AvgIpc) is 1.98. The van der Waals surface area contributed by atoms with E-state index in [0.29, 0.717) is 18.8 Å². The summed E-state index contributed by atoms with van der Waals surface area (Å²) in [5.41, 5.74) is 0.158. The highest BCUT2D eigenvalue weighted by molar-refractivity contribution is 5.76. The lowest BCUT2D eigenvalue weighted by atomic mass is 9.80. The van der Waals surface area contributed by atoms with Crippen molar-refractivity contribution in [3.05, 3.63) is 0 Å². The Labute approximate surface area is 99.6 Å². The number of rotatable bonds is 5. The molecule has 0 aromatic carbocycles. The molecule has 0 fully saturated rings. The molecule has 0 aliphatic carbocycles. The van der Waals surface area contributed by atoms with Gasteiger partial charge in [-0.3, -0.25) is 4.79 Å². The summed E-state index contributed by atoms with van der Waals surface area (Å²) in [6.07, 6.45) is 0.791. The Kier molecular flexibility index (Phi) is 6.01. The van der Waals surface area contributed by atoms with Gasteiger partial charge in [-0.05, 0) is 31.6 Å². The first-order valence-corrected chi connectivity index (χ1v) is 6.10. The molecule has 0 heterocycles. The molecule has 3 nitrogen and oxygen atoms in total. The van der Waals surface area contributed by atoms with Crippen LogP contribution in [0.4, 0.5) is 0 Å². The molecule has 0 aliphatic heterocycles. The smallest absolute Gasteiger partial charge is 0.220 e. The van der Waals surface area contributed by atoms with E-state index in [9.17, 15) is 9.90 Å². The van der Waals surface area contributed by atoms with Gasteiger partial charge in [-0.1, -0.05) is 27.7 Å². The number of amides is 1. The monoisotopic (exact) mass is 229 g/mol. The van der Waals surface area contributed by atoms with Crippen LogP contribution in [-0.2, 0) is 4.79 Å². The Balaban J connectivity index is 4.00. The van der Waals surface area contributed by atoms with Crippen molar-refractivity contribution >= 4 is 5.91 Å². The van der Waals surface area contributed by atoms with Gasteiger partial charge in [0.05, 0.1) is 6.10 Å². The predicted octanol–water partition coefficient (Wildman–Crippen LogP) is 2.33. The molecule has 2 N–H and O–H groups in total. The van der Waals surface area contributed by atoms with E-state index in [-0.39, 0.29) is 23.5 Å². The fraction of sp³-hybridized carbons (Fsp3) is 0.923. The molecule has 0 saturated carbocycles. The standard InChI is InChI=1S/C13H27NO2/c1-9(13(4,5)6)7-12(16)14-10(2)8-11(3)15/h9-11,15H,7-8H2,1-6H3,(H,14,16). The van der Waals surface area contributed by atoms with Crippen LogP contribution in [0.2, 0.25) is 0 Å². The molecule has 96 valence electrons. The molecule has 0 aliphatic rings. The number of carbonyl (C=O) groups excluding carboxylic acids is 1. The highest BCUT2D eigenvalue weighted by Gasteiger charge is 2.23. The molecular weight excluding hydrogens is 202 g/mol. The molecule has 16 heavy (non-hydrogen) atoms. The van der Waals surface area contributed by atoms with Crippen LogP contribution >= 0.6 is 0 Å². The van der Waals surface area contributed by atoms with Gasteiger partial charge in [0.25, 0.3) is 0 Å². The van der Waals surface area contributed by atoms with Gasteiger partial charge in [-0.25, -0.2) is 0 Å². The first-order valence-electron chi connectivity index (χ1n) is 6.10. The molecule has 0 spiro atoms. The van der Waals surface area contributed by atoms with E-state index in [2.05, 4.69) is 33.0 Å². The molecule has 0 aromatic heterocycles. The van der Waals surface area contributed by atoms with Crippen molar-refractivity contribution in [2.45, 2.75) is 66.5 Å². The fourth-order valence-corrected chi connectivity index (χ4v) is 1.49. The maximum absolute atomic E-state index is 11.7. The Bertz CT molecular complexity index is 218. The van der Waals surface area contributed by atoms with Crippen molar-refractivity contribution in [3.63, 3.8) is 0 Å². The zero-order chi connectivity index (χ0) is 12.9. The second-order valence-electron chi connectivity index (χ2n) is 6.02. The van der Waals surface area contributed by atoms with Crippen LogP contribution in [0.3, 0.4) is 0 Å². The van der Waals surface area contributed by atoms with E-state index >= 15 is 0 Å². The van der Waals surface area contributed by atoms with E-state index in [1.54, 1.807) is 6.92 Å². The SMILES string of the molecule is CC(O)CC(C)NC(=O)CC(C)C(C)(C)C. The summed E-state index contributed by atoms with van der Waals surface area (Å²) in [5.74, 6) is 0.432. The third-order valence-corrected chi connectivity index (χ3v) is 3.07. The topological polar surface area (TPSA) is 49.3 Å². The van der Waals surface area contributed by atoms with Crippen molar-refractivity contribution in [1.29, 1.82) is 0 Å². The van der Waals surface area contributed by atoms with Gasteiger partial charge in [0, 0.05) is 12.5 Å². The lowest BCUT2D eigenvalue weighted by molar-refractivity contribution is -0.123. The van der Waals surface area contributed by atoms with Crippen molar-refractivity contribution < 1.29 is 9.90 Å². The van der Waals surface area contributed by atoms with Crippen molar-refractivity contribution in [1.82, 2.24) is 5.32 Å². The lowest BCUT2D eigenvalue weighted by Crippen LogP contribution is -2.36. The van der Waals surface area contributed by atoms with E-state index in [1.165, 1.54) is 0 Å². The van der Waals surface area contributed by atoms with Crippen molar-refractivity contribution in [3.8, 4) is 0 Å². The molecule has 0 saturated heterocycles. The first-order chi connectivity index (χ1) is 7.12. The van der Waals surface area contributed by atoms with Crippen LogP contribution in [0.15, 0.2) is 0 Å². The number of hydrogen-bond acceptors (Lipinski definition) is 2. The number of aliphatic hydroxyl groups is 1. The summed E-state index contributed by atoms with van der Waals surface area (Å²) in [5, 5.41) is 12.1. The summed E-state index contributed by atoms with van der Waals surface area (Å²) >= 11 is 0. The van der Waals surface area contributed by atoms with Gasteiger partial charge in [0.1, 0.15) is 0 Å². The number of nitrogens with one attached hydrogen (secondary N) is 1. The van der Waals surface area contributed by atoms with Gasteiger partial charge in [0.2, 0.25) is 5.91 Å². The second kappa shape index (κ2) is 6.24. The Morgan fingerprint density at radius 3 is 2.12 bits per heavy atom. The minimum Gasteiger partial charge on any atom is -0.393 e. The highest BCUT2D eigenvalue weighted by Crippen LogP contribution is 2.27. The zero-order valence-electron chi connectivity index (χ0n) is 11.5. The maximum atomic E-state index is 11.7. The average molecular weight is 229 g/mol. The molecule has 0 aromatic rings. The molecular formula is C13H27NO2. The summed E-state index contributed by atoms with van der Waals surface area (Å²) in [6.45, 7) is 12.2. The number of carbonyl (C=O) groups is 1. The highest BCUT2D eigenvalue weighted by atomic mass is 16.3. The second-order valence-corrected chi connectivity index (χ2v) is 6.02. The fourth-order valence-electron chi connectivity index (χ4n) is 1.49. The molecule has 3 atom stereocenters. The first kappa shape index (κ1) is 15.4. The molecule has 0 rings (SSSR count). The van der Waals surface area contributed by atoms with Gasteiger partial charge in [-0.2, -0.15) is 0 Å². The van der Waals surface area contributed by atoms with Crippen LogP contribution in [0.5, 0.6) is 0 Å². The summed E-state index contributed by atoms with van der Waals surface area (Å²) in [7, 11) is 0. The third-order valence-electron chi connectivity index (χ3n) is 3.07. The third kappa shape index (κ3) is 6.83.